The molecule has 2 aliphatic heterocycles. The van der Waals surface area contributed by atoms with Crippen LogP contribution in [0.15, 0.2) is 0 Å². The van der Waals surface area contributed by atoms with Gasteiger partial charge < -0.3 is 5.32 Å². The lowest BCUT2D eigenvalue weighted by Crippen LogP contribution is -2.30. The first-order chi connectivity index (χ1) is 5.43. The highest BCUT2D eigenvalue weighted by Crippen LogP contribution is 2.36. The summed E-state index contributed by atoms with van der Waals surface area (Å²) in [6, 6.07) is 1.28. The van der Waals surface area contributed by atoms with Crippen molar-refractivity contribution in [3.63, 3.8) is 0 Å². The van der Waals surface area contributed by atoms with Crippen LogP contribution in [-0.2, 0) is 6.42 Å². The van der Waals surface area contributed by atoms with E-state index in [-0.39, 0.29) is 0 Å². The van der Waals surface area contributed by atoms with Crippen LogP contribution in [0.2, 0.25) is 0 Å². The maximum Gasteiger partial charge on any atom is 0.0819 e. The fraction of sp³-hybridized carbons (Fsp3) is 0.714. The smallest absolute Gasteiger partial charge is 0.0819 e. The third-order valence-electron chi connectivity index (χ3n) is 2.58. The van der Waals surface area contributed by atoms with E-state index in [4.69, 9.17) is 0 Å². The second-order valence-electron chi connectivity index (χ2n) is 3.28. The summed E-state index contributed by atoms with van der Waals surface area (Å²) in [6.07, 6.45) is 3.69. The number of hydrogen-bond acceptors (Lipinski definition) is 4. The van der Waals surface area contributed by atoms with Crippen LogP contribution in [0.3, 0.4) is 0 Å². The molecule has 3 rings (SSSR count). The molecule has 1 saturated heterocycles. The van der Waals surface area contributed by atoms with Gasteiger partial charge in [-0.15, -0.1) is 5.10 Å². The van der Waals surface area contributed by atoms with Gasteiger partial charge in [0.25, 0.3) is 0 Å². The fourth-order valence-electron chi connectivity index (χ4n) is 2.04. The normalized spacial score (nSPS) is 33.8. The topological polar surface area (TPSA) is 37.8 Å². The predicted octanol–water partition coefficient (Wildman–Crippen LogP) is 0.887. The van der Waals surface area contributed by atoms with Gasteiger partial charge in [0, 0.05) is 18.5 Å². The molecule has 0 aliphatic carbocycles. The molecular weight excluding hydrogens is 158 g/mol. The van der Waals surface area contributed by atoms with Gasteiger partial charge in [-0.25, -0.2) is 0 Å². The van der Waals surface area contributed by atoms with Crippen molar-refractivity contribution in [2.24, 2.45) is 0 Å². The molecule has 0 radical (unpaired) electrons. The Hall–Kier alpha value is -0.480. The van der Waals surface area contributed by atoms with E-state index in [9.17, 15) is 0 Å². The highest BCUT2D eigenvalue weighted by atomic mass is 32.1. The summed E-state index contributed by atoms with van der Waals surface area (Å²) >= 11 is 1.56. The summed E-state index contributed by atoms with van der Waals surface area (Å²) < 4.78 is 3.97. The molecular formula is C7H9N3S. The molecule has 58 valence electrons. The minimum Gasteiger partial charge on any atom is -0.306 e. The first-order valence-corrected chi connectivity index (χ1v) is 4.78. The Balaban J connectivity index is 2.12. The Kier molecular flexibility index (Phi) is 1.11. The lowest BCUT2D eigenvalue weighted by molar-refractivity contribution is 0.514. The number of nitrogens with one attached hydrogen (secondary N) is 1. The molecule has 2 atom stereocenters. The van der Waals surface area contributed by atoms with E-state index in [2.05, 4.69) is 14.9 Å². The van der Waals surface area contributed by atoms with E-state index < -0.39 is 0 Å². The molecule has 0 aromatic carbocycles. The molecule has 0 saturated carbocycles. The monoisotopic (exact) mass is 167 g/mol. The van der Waals surface area contributed by atoms with Crippen LogP contribution in [0.25, 0.3) is 0 Å². The second kappa shape index (κ2) is 2.01. The molecule has 4 heteroatoms. The van der Waals surface area contributed by atoms with Gasteiger partial charge in [0.2, 0.25) is 0 Å². The minimum absolute atomic E-state index is 0.587. The molecule has 3 nitrogen and oxygen atoms in total. The van der Waals surface area contributed by atoms with Gasteiger partial charge in [0.05, 0.1) is 10.6 Å². The summed E-state index contributed by atoms with van der Waals surface area (Å²) in [5, 5.41) is 7.69. The van der Waals surface area contributed by atoms with E-state index in [1.54, 1.807) is 11.5 Å². The molecule has 11 heavy (non-hydrogen) atoms. The average Bonchev–Trinajstić information content (AvgIpc) is 2.58. The van der Waals surface area contributed by atoms with Crippen LogP contribution in [0, 0.1) is 0 Å². The molecule has 1 fully saturated rings. The standard InChI is InChI=1S/C7H9N3S/c1-2-5-7-6(9-10-11-7)3-4(1)8-5/h4-5,8H,1-3H2/t4-,5+/m0/s1. The van der Waals surface area contributed by atoms with Gasteiger partial charge >= 0.3 is 0 Å². The second-order valence-corrected chi connectivity index (χ2v) is 4.07. The Morgan fingerprint density at radius 2 is 2.45 bits per heavy atom. The van der Waals surface area contributed by atoms with Gasteiger partial charge in [-0.05, 0) is 24.4 Å². The Labute approximate surface area is 69.0 Å². The van der Waals surface area contributed by atoms with Crippen LogP contribution < -0.4 is 5.32 Å². The third-order valence-corrected chi connectivity index (χ3v) is 3.46. The Morgan fingerprint density at radius 3 is 3.45 bits per heavy atom. The maximum absolute atomic E-state index is 4.13. The van der Waals surface area contributed by atoms with E-state index in [1.165, 1.54) is 23.4 Å². The quantitative estimate of drug-likeness (QED) is 0.623. The van der Waals surface area contributed by atoms with E-state index >= 15 is 0 Å². The van der Waals surface area contributed by atoms with Gasteiger partial charge in [0.1, 0.15) is 0 Å². The number of hydrogen-bond donors (Lipinski definition) is 1. The van der Waals surface area contributed by atoms with E-state index in [0.29, 0.717) is 12.1 Å². The zero-order chi connectivity index (χ0) is 7.26. The average molecular weight is 167 g/mol. The van der Waals surface area contributed by atoms with Crippen LogP contribution >= 0.6 is 11.5 Å². The molecule has 2 bridgehead atoms. The third kappa shape index (κ3) is 0.765. The van der Waals surface area contributed by atoms with Crippen molar-refractivity contribution in [2.45, 2.75) is 31.3 Å². The first kappa shape index (κ1) is 6.08. The van der Waals surface area contributed by atoms with Crippen LogP contribution in [-0.4, -0.2) is 15.6 Å². The fourth-order valence-corrected chi connectivity index (χ4v) is 2.81. The van der Waals surface area contributed by atoms with E-state index in [1.807, 2.05) is 0 Å². The zero-order valence-electron chi connectivity index (χ0n) is 6.08. The zero-order valence-corrected chi connectivity index (χ0v) is 6.90. The molecule has 2 aliphatic rings. The molecule has 0 spiro atoms. The molecule has 0 amide bonds. The lowest BCUT2D eigenvalue weighted by atomic mass is 10.1. The number of nitrogens with zero attached hydrogens (tertiary/aromatic N) is 2. The molecule has 0 unspecified atom stereocenters. The summed E-state index contributed by atoms with van der Waals surface area (Å²) in [6.45, 7) is 0. The number of rotatable bonds is 0. The molecule has 1 N–H and O–H groups in total. The molecule has 3 heterocycles. The Morgan fingerprint density at radius 1 is 1.45 bits per heavy atom. The predicted molar refractivity (Wildman–Crippen MR) is 42.5 cm³/mol. The van der Waals surface area contributed by atoms with Crippen molar-refractivity contribution in [1.29, 1.82) is 0 Å². The minimum atomic E-state index is 0.587. The first-order valence-electron chi connectivity index (χ1n) is 4.00. The van der Waals surface area contributed by atoms with Crippen LogP contribution in [0.1, 0.15) is 29.5 Å². The lowest BCUT2D eigenvalue weighted by Gasteiger charge is -2.18. The summed E-state index contributed by atoms with van der Waals surface area (Å²) in [7, 11) is 0. The van der Waals surface area contributed by atoms with Gasteiger partial charge in [-0.3, -0.25) is 0 Å². The van der Waals surface area contributed by atoms with Gasteiger partial charge in [-0.1, -0.05) is 4.49 Å². The summed E-state index contributed by atoms with van der Waals surface area (Å²) in [4.78, 5) is 1.39. The highest BCUT2D eigenvalue weighted by Gasteiger charge is 2.34. The van der Waals surface area contributed by atoms with Crippen molar-refractivity contribution in [3.05, 3.63) is 10.6 Å². The summed E-state index contributed by atoms with van der Waals surface area (Å²) in [5.41, 5.74) is 1.25. The van der Waals surface area contributed by atoms with Crippen molar-refractivity contribution >= 4 is 11.5 Å². The number of fused-ring (bicyclic) bond motifs is 4. The van der Waals surface area contributed by atoms with Crippen molar-refractivity contribution in [2.75, 3.05) is 0 Å². The van der Waals surface area contributed by atoms with E-state index in [0.717, 1.165) is 6.42 Å². The highest BCUT2D eigenvalue weighted by molar-refractivity contribution is 7.05. The summed E-state index contributed by atoms with van der Waals surface area (Å²) in [5.74, 6) is 0. The SMILES string of the molecule is C1C[C@H]2N[C@@H]1Cc1nnsc12. The Bertz CT molecular complexity index is 283. The number of aromatic nitrogens is 2. The van der Waals surface area contributed by atoms with Crippen LogP contribution in [0.5, 0.6) is 0 Å². The van der Waals surface area contributed by atoms with Crippen molar-refractivity contribution in [1.82, 2.24) is 14.9 Å². The van der Waals surface area contributed by atoms with Crippen molar-refractivity contribution in [3.8, 4) is 0 Å². The molecule has 1 aromatic heterocycles. The van der Waals surface area contributed by atoms with Gasteiger partial charge in [-0.2, -0.15) is 0 Å². The van der Waals surface area contributed by atoms with Crippen molar-refractivity contribution < 1.29 is 0 Å². The van der Waals surface area contributed by atoms with Crippen LogP contribution in [0.4, 0.5) is 0 Å². The largest absolute Gasteiger partial charge is 0.306 e. The molecule has 1 aromatic rings. The maximum atomic E-state index is 4.13. The van der Waals surface area contributed by atoms with Gasteiger partial charge in [0.15, 0.2) is 0 Å².